The van der Waals surface area contributed by atoms with Crippen molar-refractivity contribution in [2.45, 2.75) is 25.2 Å². The van der Waals surface area contributed by atoms with E-state index in [1.165, 1.54) is 22.3 Å². The number of hydrogen-bond donors (Lipinski definition) is 1. The van der Waals surface area contributed by atoms with Gasteiger partial charge in [0.2, 0.25) is 0 Å². The van der Waals surface area contributed by atoms with Crippen molar-refractivity contribution in [1.82, 2.24) is 0 Å². The molecule has 3 rings (SSSR count). The molecule has 0 atom stereocenters. The van der Waals surface area contributed by atoms with E-state index in [1.807, 2.05) is 0 Å². The highest BCUT2D eigenvalue weighted by molar-refractivity contribution is 5.50. The summed E-state index contributed by atoms with van der Waals surface area (Å²) in [5, 5.41) is 9.51. The van der Waals surface area contributed by atoms with Gasteiger partial charge < -0.3 is 5.11 Å². The molecule has 0 saturated carbocycles. The van der Waals surface area contributed by atoms with Crippen molar-refractivity contribution in [1.29, 1.82) is 0 Å². The van der Waals surface area contributed by atoms with Gasteiger partial charge in [0, 0.05) is 12.0 Å². The first kappa shape index (κ1) is 16.5. The van der Waals surface area contributed by atoms with Crippen LogP contribution in [0.5, 0.6) is 0 Å². The molecule has 0 aliphatic carbocycles. The van der Waals surface area contributed by atoms with Crippen LogP contribution in [0.15, 0.2) is 84.9 Å². The fourth-order valence-electron chi connectivity index (χ4n) is 3.56. The molecule has 0 saturated heterocycles. The monoisotopic (exact) mass is 316 g/mol. The molecule has 3 aromatic rings. The van der Waals surface area contributed by atoms with E-state index in [0.29, 0.717) is 0 Å². The van der Waals surface area contributed by atoms with E-state index >= 15 is 0 Å². The van der Waals surface area contributed by atoms with Crippen LogP contribution in [0.25, 0.3) is 0 Å². The van der Waals surface area contributed by atoms with E-state index in [2.05, 4.69) is 91.9 Å². The van der Waals surface area contributed by atoms with Crippen LogP contribution in [-0.2, 0) is 5.41 Å². The molecule has 0 fully saturated rings. The zero-order valence-corrected chi connectivity index (χ0v) is 14.2. The highest BCUT2D eigenvalue weighted by atomic mass is 16.2. The summed E-state index contributed by atoms with van der Waals surface area (Å²) in [7, 11) is 0. The second-order valence-corrected chi connectivity index (χ2v) is 6.33. The van der Waals surface area contributed by atoms with E-state index in [0.717, 1.165) is 12.8 Å². The Kier molecular flexibility index (Phi) is 5.12. The minimum Gasteiger partial charge on any atom is -0.396 e. The Morgan fingerprint density at radius 1 is 0.667 bits per heavy atom. The third-order valence-corrected chi connectivity index (χ3v) is 4.79. The Morgan fingerprint density at radius 3 is 1.58 bits per heavy atom. The first-order chi connectivity index (χ1) is 11.8. The van der Waals surface area contributed by atoms with Gasteiger partial charge >= 0.3 is 0 Å². The van der Waals surface area contributed by atoms with Gasteiger partial charge in [-0.05, 0) is 36.5 Å². The van der Waals surface area contributed by atoms with Crippen molar-refractivity contribution in [3.8, 4) is 0 Å². The van der Waals surface area contributed by atoms with Gasteiger partial charge in [-0.25, -0.2) is 0 Å². The molecular weight excluding hydrogens is 292 g/mol. The van der Waals surface area contributed by atoms with Crippen LogP contribution < -0.4 is 0 Å². The Labute approximate surface area is 144 Å². The minimum absolute atomic E-state index is 0.202. The highest BCUT2D eigenvalue weighted by Crippen LogP contribution is 2.43. The maximum absolute atomic E-state index is 9.51. The fraction of sp³-hybridized carbons (Fsp3) is 0.217. The van der Waals surface area contributed by atoms with E-state index in [-0.39, 0.29) is 12.0 Å². The molecule has 0 heterocycles. The lowest BCUT2D eigenvalue weighted by Crippen LogP contribution is -2.29. The average Bonchev–Trinajstić information content (AvgIpc) is 2.65. The SMILES string of the molecule is Cc1ccc(C(CCCO)(c2ccccc2)c2ccccc2)cc1. The molecule has 0 radical (unpaired) electrons. The average molecular weight is 316 g/mol. The number of aryl methyl sites for hydroxylation is 1. The first-order valence-electron chi connectivity index (χ1n) is 8.56. The quantitative estimate of drug-likeness (QED) is 0.627. The second-order valence-electron chi connectivity index (χ2n) is 6.33. The molecule has 1 N–H and O–H groups in total. The molecule has 0 aliphatic heterocycles. The van der Waals surface area contributed by atoms with Crippen LogP contribution in [0.2, 0.25) is 0 Å². The Morgan fingerprint density at radius 2 is 1.12 bits per heavy atom. The Balaban J connectivity index is 2.26. The number of aliphatic hydroxyl groups excluding tert-OH is 1. The maximum atomic E-state index is 9.51. The van der Waals surface area contributed by atoms with Crippen molar-refractivity contribution >= 4 is 0 Å². The van der Waals surface area contributed by atoms with Crippen molar-refractivity contribution in [3.63, 3.8) is 0 Å². The van der Waals surface area contributed by atoms with Crippen molar-refractivity contribution < 1.29 is 5.11 Å². The number of benzene rings is 3. The van der Waals surface area contributed by atoms with E-state index in [4.69, 9.17) is 0 Å². The van der Waals surface area contributed by atoms with Crippen LogP contribution in [-0.4, -0.2) is 11.7 Å². The van der Waals surface area contributed by atoms with Gasteiger partial charge in [-0.2, -0.15) is 0 Å². The number of aliphatic hydroxyl groups is 1. The number of hydrogen-bond acceptors (Lipinski definition) is 1. The molecule has 3 aromatic carbocycles. The summed E-state index contributed by atoms with van der Waals surface area (Å²) in [4.78, 5) is 0. The normalized spacial score (nSPS) is 11.4. The number of rotatable bonds is 6. The summed E-state index contributed by atoms with van der Waals surface area (Å²) >= 11 is 0. The summed E-state index contributed by atoms with van der Waals surface area (Å²) in [6.07, 6.45) is 1.64. The molecule has 122 valence electrons. The van der Waals surface area contributed by atoms with Crippen molar-refractivity contribution in [2.75, 3.05) is 6.61 Å². The minimum atomic E-state index is -0.237. The Hall–Kier alpha value is -2.38. The van der Waals surface area contributed by atoms with Gasteiger partial charge in [0.25, 0.3) is 0 Å². The standard InChI is InChI=1S/C23H24O/c1-19-13-15-22(16-14-19)23(17-8-18-24,20-9-4-2-5-10-20)21-11-6-3-7-12-21/h2-7,9-16,24H,8,17-18H2,1H3. The smallest absolute Gasteiger partial charge is 0.0452 e. The lowest BCUT2D eigenvalue weighted by atomic mass is 9.66. The lowest BCUT2D eigenvalue weighted by molar-refractivity contribution is 0.275. The summed E-state index contributed by atoms with van der Waals surface area (Å²) < 4.78 is 0. The van der Waals surface area contributed by atoms with Gasteiger partial charge in [-0.3, -0.25) is 0 Å². The van der Waals surface area contributed by atoms with E-state index < -0.39 is 0 Å². The van der Waals surface area contributed by atoms with Crippen LogP contribution >= 0.6 is 0 Å². The fourth-order valence-corrected chi connectivity index (χ4v) is 3.56. The molecule has 24 heavy (non-hydrogen) atoms. The summed E-state index contributed by atoms with van der Waals surface area (Å²) in [5.74, 6) is 0. The third kappa shape index (κ3) is 3.13. The zero-order chi connectivity index (χ0) is 16.8. The molecule has 0 bridgehead atoms. The molecule has 0 spiro atoms. The van der Waals surface area contributed by atoms with Gasteiger partial charge in [0.1, 0.15) is 0 Å². The van der Waals surface area contributed by atoms with E-state index in [9.17, 15) is 5.11 Å². The summed E-state index contributed by atoms with van der Waals surface area (Å²) in [6, 6.07) is 30.1. The molecule has 1 nitrogen and oxygen atoms in total. The first-order valence-corrected chi connectivity index (χ1v) is 8.56. The third-order valence-electron chi connectivity index (χ3n) is 4.79. The van der Waals surface area contributed by atoms with Crippen LogP contribution in [0.4, 0.5) is 0 Å². The van der Waals surface area contributed by atoms with E-state index in [1.54, 1.807) is 0 Å². The highest BCUT2D eigenvalue weighted by Gasteiger charge is 2.35. The van der Waals surface area contributed by atoms with Crippen LogP contribution in [0, 0.1) is 6.92 Å². The van der Waals surface area contributed by atoms with Crippen molar-refractivity contribution in [2.24, 2.45) is 0 Å². The molecular formula is C23H24O. The van der Waals surface area contributed by atoms with Crippen LogP contribution in [0.1, 0.15) is 35.1 Å². The molecule has 0 aliphatic rings. The molecule has 0 unspecified atom stereocenters. The molecule has 1 heteroatoms. The molecule has 0 amide bonds. The summed E-state index contributed by atoms with van der Waals surface area (Å²) in [6.45, 7) is 2.32. The van der Waals surface area contributed by atoms with Crippen LogP contribution in [0.3, 0.4) is 0 Å². The van der Waals surface area contributed by atoms with Gasteiger partial charge in [0.05, 0.1) is 0 Å². The Bertz CT molecular complexity index is 706. The predicted octanol–water partition coefficient (Wildman–Crippen LogP) is 5.10. The van der Waals surface area contributed by atoms with Gasteiger partial charge in [0.15, 0.2) is 0 Å². The lowest BCUT2D eigenvalue weighted by Gasteiger charge is -2.36. The predicted molar refractivity (Wildman–Crippen MR) is 100 cm³/mol. The van der Waals surface area contributed by atoms with Gasteiger partial charge in [-0.1, -0.05) is 90.5 Å². The zero-order valence-electron chi connectivity index (χ0n) is 14.2. The second kappa shape index (κ2) is 7.46. The largest absolute Gasteiger partial charge is 0.396 e. The maximum Gasteiger partial charge on any atom is 0.0452 e. The topological polar surface area (TPSA) is 20.2 Å². The van der Waals surface area contributed by atoms with Crippen molar-refractivity contribution in [3.05, 3.63) is 107 Å². The van der Waals surface area contributed by atoms with Gasteiger partial charge in [-0.15, -0.1) is 0 Å². The summed E-state index contributed by atoms with van der Waals surface area (Å²) in [5.41, 5.74) is 4.84. The molecule has 0 aromatic heterocycles.